The Morgan fingerprint density at radius 1 is 0.873 bits per heavy atom. The Morgan fingerprint density at radius 2 is 1.58 bits per heavy atom. The van der Waals surface area contributed by atoms with E-state index in [9.17, 15) is 34.8 Å². The number of carbonyl (C=O) groups excluding carboxylic acids is 1. The monoisotopic (exact) mass is 974 g/mol. The van der Waals surface area contributed by atoms with Crippen LogP contribution in [0.25, 0.3) is 0 Å². The number of halogens is 1. The van der Waals surface area contributed by atoms with Crippen LogP contribution in [0.3, 0.4) is 0 Å². The maximum Gasteiger partial charge on any atom is 0.273 e. The van der Waals surface area contributed by atoms with Crippen LogP contribution in [0.5, 0.6) is 17.2 Å². The van der Waals surface area contributed by atoms with Crippen molar-refractivity contribution in [3.8, 4) is 17.2 Å². The van der Waals surface area contributed by atoms with Crippen LogP contribution in [-0.2, 0) is 27.5 Å². The molecule has 2 fully saturated rings. The number of unbranched alkanes of at least 4 members (excludes halogenated alkanes) is 2. The van der Waals surface area contributed by atoms with Gasteiger partial charge in [-0.1, -0.05) is 74.0 Å². The van der Waals surface area contributed by atoms with Crippen LogP contribution in [0, 0.1) is 49.7 Å². The number of benzene rings is 4. The normalized spacial score (nSPS) is 22.9. The quantitative estimate of drug-likeness (QED) is 0.0293. The van der Waals surface area contributed by atoms with Gasteiger partial charge < -0.3 is 34.2 Å². The van der Waals surface area contributed by atoms with E-state index in [1.165, 1.54) is 36.4 Å². The molecule has 0 aromatic heterocycles. The van der Waals surface area contributed by atoms with Gasteiger partial charge in [0.2, 0.25) is 11.7 Å². The lowest BCUT2D eigenvalue weighted by molar-refractivity contribution is -0.385. The van der Waals surface area contributed by atoms with E-state index in [1.807, 2.05) is 17.0 Å². The molecule has 2 N–H and O–H groups in total. The molecule has 16 heteroatoms. The molecular formula is C55H63FN4O11. The Morgan fingerprint density at radius 3 is 2.28 bits per heavy atom. The van der Waals surface area contributed by atoms with E-state index in [1.54, 1.807) is 48.5 Å². The number of oxime groups is 1. The van der Waals surface area contributed by atoms with Gasteiger partial charge in [-0.25, -0.2) is 4.39 Å². The molecule has 2 saturated carbocycles. The minimum absolute atomic E-state index is 0.00729. The van der Waals surface area contributed by atoms with Crippen molar-refractivity contribution in [3.63, 3.8) is 0 Å². The van der Waals surface area contributed by atoms with Gasteiger partial charge in [-0.15, -0.1) is 6.58 Å². The van der Waals surface area contributed by atoms with Crippen LogP contribution in [0.15, 0.2) is 120 Å². The van der Waals surface area contributed by atoms with Gasteiger partial charge in [0.05, 0.1) is 34.1 Å². The predicted octanol–water partition coefficient (Wildman–Crippen LogP) is 11.3. The third kappa shape index (κ3) is 11.8. The SMILES string of the molecule is C=CCOC12Oc3ccc(Oc4cccc([N+](=O)[O-])c4)cc3C3C(CCCCO)C(CCCCO)C=C(C(=NOCc4ccc([N+](=O)[O-])cc4)CC1N(Cc1ccc(F)cc1)C(=O)CCC1CCCC1)C32. The summed E-state index contributed by atoms with van der Waals surface area (Å²) in [6, 6.07) is 22.8. The highest BCUT2D eigenvalue weighted by Crippen LogP contribution is 2.62. The largest absolute Gasteiger partial charge is 0.459 e. The minimum Gasteiger partial charge on any atom is -0.459 e. The van der Waals surface area contributed by atoms with Crippen molar-refractivity contribution in [2.24, 2.45) is 28.8 Å². The van der Waals surface area contributed by atoms with Crippen LogP contribution in [-0.4, -0.2) is 68.2 Å². The average molecular weight is 975 g/mol. The zero-order valence-corrected chi connectivity index (χ0v) is 39.9. The van der Waals surface area contributed by atoms with Crippen molar-refractivity contribution in [2.75, 3.05) is 19.8 Å². The first-order valence-corrected chi connectivity index (χ1v) is 24.9. The van der Waals surface area contributed by atoms with Gasteiger partial charge in [-0.3, -0.25) is 25.0 Å². The summed E-state index contributed by atoms with van der Waals surface area (Å²) in [5.74, 6) is -1.67. The number of nitro benzene ring substituents is 2. The molecule has 1 heterocycles. The van der Waals surface area contributed by atoms with E-state index in [0.29, 0.717) is 72.8 Å². The number of hydrogen-bond acceptors (Lipinski definition) is 12. The topological polar surface area (TPSA) is 196 Å². The van der Waals surface area contributed by atoms with Gasteiger partial charge in [-0.2, -0.15) is 0 Å². The minimum atomic E-state index is -1.56. The summed E-state index contributed by atoms with van der Waals surface area (Å²) in [7, 11) is 0. The van der Waals surface area contributed by atoms with E-state index >= 15 is 4.79 Å². The second-order valence-corrected chi connectivity index (χ2v) is 19.2. The first-order chi connectivity index (χ1) is 34.5. The molecule has 4 aromatic rings. The summed E-state index contributed by atoms with van der Waals surface area (Å²) in [6.45, 7) is 4.23. The van der Waals surface area contributed by atoms with Crippen molar-refractivity contribution in [2.45, 2.75) is 114 Å². The number of aliphatic hydroxyl groups excluding tert-OH is 2. The predicted molar refractivity (Wildman–Crippen MR) is 264 cm³/mol. The molecular weight excluding hydrogens is 912 g/mol. The highest BCUT2D eigenvalue weighted by molar-refractivity contribution is 6.03. The Hall–Kier alpha value is -6.49. The smallest absolute Gasteiger partial charge is 0.273 e. The van der Waals surface area contributed by atoms with Crippen molar-refractivity contribution in [1.82, 2.24) is 4.90 Å². The standard InChI is InChI=1S/C55H63FN4O11/c1-2-30-68-55-51(58(35-38-16-21-41(56)22-17-38)52(63)27-20-37-10-3-4-11-37)34-49(57-69-36-39-18-23-42(24-19-39)59(64)65)47-31-40(12-5-7-28-61)46(15-6-8-29-62)53(54(47)55)48-33-45(25-26-50(48)71-55)70-44-14-9-13-43(32-44)60(66)67/h2,9,13-14,16-19,21-26,31-33,37,40,46,51,53-54,61-62H,1,3-8,10-12,15,20,27-30,34-36H2. The summed E-state index contributed by atoms with van der Waals surface area (Å²) in [5.41, 5.74) is 3.36. The molecule has 0 saturated heterocycles. The molecule has 0 radical (unpaired) electrons. The summed E-state index contributed by atoms with van der Waals surface area (Å²) in [5, 5.41) is 48.2. The van der Waals surface area contributed by atoms with E-state index < -0.39 is 33.4 Å². The fraction of sp³-hybridized carbons (Fsp3) is 0.455. The number of hydrogen-bond donors (Lipinski definition) is 2. The third-order valence-electron chi connectivity index (χ3n) is 14.7. The highest BCUT2D eigenvalue weighted by Gasteiger charge is 2.65. The molecule has 15 nitrogen and oxygen atoms in total. The number of carbonyl (C=O) groups is 1. The van der Waals surface area contributed by atoms with Crippen LogP contribution in [0.2, 0.25) is 0 Å². The van der Waals surface area contributed by atoms with E-state index in [4.69, 9.17) is 24.2 Å². The lowest BCUT2D eigenvalue weighted by Crippen LogP contribution is -2.70. The molecule has 0 bridgehead atoms. The molecule has 4 aliphatic rings. The van der Waals surface area contributed by atoms with E-state index in [2.05, 4.69) is 12.7 Å². The van der Waals surface area contributed by atoms with Crippen LogP contribution < -0.4 is 9.47 Å². The lowest BCUT2D eigenvalue weighted by atomic mass is 9.55. The summed E-state index contributed by atoms with van der Waals surface area (Å²) in [6.07, 6.45) is 13.4. The second kappa shape index (κ2) is 23.6. The molecule has 4 aromatic carbocycles. The Balaban J connectivity index is 1.32. The zero-order valence-electron chi connectivity index (χ0n) is 39.9. The average Bonchev–Trinajstić information content (AvgIpc) is 3.90. The Kier molecular flexibility index (Phi) is 16.9. The summed E-state index contributed by atoms with van der Waals surface area (Å²) in [4.78, 5) is 45.5. The number of rotatable bonds is 24. The van der Waals surface area contributed by atoms with Crippen molar-refractivity contribution in [3.05, 3.63) is 158 Å². The number of allylic oxidation sites excluding steroid dienone is 1. The fourth-order valence-electron chi connectivity index (χ4n) is 11.3. The first-order valence-electron chi connectivity index (χ1n) is 24.9. The molecule has 3 aliphatic carbocycles. The summed E-state index contributed by atoms with van der Waals surface area (Å²) < 4.78 is 35.4. The molecule has 8 rings (SSSR count). The van der Waals surface area contributed by atoms with Gasteiger partial charge in [0.1, 0.15) is 35.7 Å². The van der Waals surface area contributed by atoms with Gasteiger partial charge in [0.25, 0.3) is 11.4 Å². The molecule has 0 spiro atoms. The van der Waals surface area contributed by atoms with Crippen molar-refractivity contribution in [1.29, 1.82) is 0 Å². The van der Waals surface area contributed by atoms with Crippen molar-refractivity contribution >= 4 is 23.0 Å². The number of fused-ring (bicyclic) bond motifs is 2. The van der Waals surface area contributed by atoms with E-state index in [0.717, 1.165) is 43.2 Å². The zero-order chi connectivity index (χ0) is 49.9. The summed E-state index contributed by atoms with van der Waals surface area (Å²) >= 11 is 0. The number of nitrogens with zero attached hydrogens (tertiary/aromatic N) is 4. The van der Waals surface area contributed by atoms with Gasteiger partial charge >= 0.3 is 0 Å². The fourth-order valence-corrected chi connectivity index (χ4v) is 11.3. The molecule has 1 aliphatic heterocycles. The first kappa shape index (κ1) is 50.9. The Bertz CT molecular complexity index is 2570. The maximum absolute atomic E-state index is 15.2. The van der Waals surface area contributed by atoms with E-state index in [-0.39, 0.29) is 86.6 Å². The molecule has 71 heavy (non-hydrogen) atoms. The number of ether oxygens (including phenoxy) is 3. The highest BCUT2D eigenvalue weighted by atomic mass is 19.1. The third-order valence-corrected chi connectivity index (χ3v) is 14.7. The molecule has 6 unspecified atom stereocenters. The maximum atomic E-state index is 15.2. The number of nitro groups is 2. The van der Waals surface area contributed by atoms with Gasteiger partial charge in [-0.05, 0) is 115 Å². The molecule has 6 atom stereocenters. The van der Waals surface area contributed by atoms with Crippen LogP contribution in [0.1, 0.15) is 106 Å². The molecule has 376 valence electrons. The van der Waals surface area contributed by atoms with Gasteiger partial charge in [0, 0.05) is 62.3 Å². The lowest BCUT2D eigenvalue weighted by Gasteiger charge is -2.60. The Labute approximate surface area is 413 Å². The second-order valence-electron chi connectivity index (χ2n) is 19.2. The number of amides is 1. The van der Waals surface area contributed by atoms with Crippen LogP contribution in [0.4, 0.5) is 15.8 Å². The number of non-ortho nitro benzene ring substituents is 2. The van der Waals surface area contributed by atoms with Crippen LogP contribution >= 0.6 is 0 Å². The number of aliphatic hydroxyl groups is 2. The van der Waals surface area contributed by atoms with Gasteiger partial charge in [0.15, 0.2) is 0 Å². The molecule has 1 amide bonds. The van der Waals surface area contributed by atoms with Crippen molar-refractivity contribution < 1.29 is 48.3 Å².